The van der Waals surface area contributed by atoms with Crippen LogP contribution in [0.1, 0.15) is 51.3 Å². The number of aryl methyl sites for hydroxylation is 2. The summed E-state index contributed by atoms with van der Waals surface area (Å²) in [6.45, 7) is 4.51. The number of aromatic amines is 1. The van der Waals surface area contributed by atoms with Gasteiger partial charge in [-0.25, -0.2) is 4.98 Å². The molecule has 0 unspecified atom stereocenters. The van der Waals surface area contributed by atoms with Gasteiger partial charge in [0.25, 0.3) is 11.5 Å². The second-order valence-corrected chi connectivity index (χ2v) is 8.63. The molecule has 3 aromatic heterocycles. The Balaban J connectivity index is 1.31. The lowest BCUT2D eigenvalue weighted by molar-refractivity contribution is 0.0958. The van der Waals surface area contributed by atoms with Crippen molar-refractivity contribution in [3.8, 4) is 0 Å². The van der Waals surface area contributed by atoms with E-state index in [0.29, 0.717) is 5.69 Å². The fourth-order valence-corrected chi connectivity index (χ4v) is 4.90. The highest BCUT2D eigenvalue weighted by atomic mass is 16.1. The van der Waals surface area contributed by atoms with Crippen LogP contribution in [0.15, 0.2) is 35.3 Å². The van der Waals surface area contributed by atoms with E-state index in [1.807, 2.05) is 19.2 Å². The maximum Gasteiger partial charge on any atom is 0.269 e. The molecule has 1 aliphatic carbocycles. The van der Waals surface area contributed by atoms with Gasteiger partial charge in [-0.1, -0.05) is 12.1 Å². The quantitative estimate of drug-likeness (QED) is 0.666. The van der Waals surface area contributed by atoms with E-state index in [-0.39, 0.29) is 11.5 Å². The normalized spacial score (nSPS) is 16.1. The average Bonchev–Trinajstić information content (AvgIpc) is 3.30. The molecule has 1 aliphatic heterocycles. The molecule has 5 rings (SSSR count). The van der Waals surface area contributed by atoms with Crippen molar-refractivity contribution in [1.82, 2.24) is 25.2 Å². The Morgan fingerprint density at radius 1 is 1.22 bits per heavy atom. The lowest BCUT2D eigenvalue weighted by Gasteiger charge is -2.27. The second kappa shape index (κ2) is 8.31. The smallest absolute Gasteiger partial charge is 0.269 e. The van der Waals surface area contributed by atoms with E-state index in [1.54, 1.807) is 13.1 Å². The zero-order valence-electron chi connectivity index (χ0n) is 18.5. The summed E-state index contributed by atoms with van der Waals surface area (Å²) >= 11 is 0. The van der Waals surface area contributed by atoms with Crippen molar-refractivity contribution in [3.05, 3.63) is 74.5 Å². The summed E-state index contributed by atoms with van der Waals surface area (Å²) in [4.78, 5) is 38.8. The maximum atomic E-state index is 12.4. The maximum absolute atomic E-state index is 12.4. The van der Waals surface area contributed by atoms with Crippen LogP contribution in [-0.2, 0) is 19.4 Å². The Hall–Kier alpha value is -3.32. The molecule has 4 heterocycles. The first-order chi connectivity index (χ1) is 15.5. The van der Waals surface area contributed by atoms with E-state index in [9.17, 15) is 9.59 Å². The Bertz CT molecular complexity index is 1310. The van der Waals surface area contributed by atoms with Crippen molar-refractivity contribution in [2.45, 2.75) is 39.2 Å². The van der Waals surface area contributed by atoms with E-state index >= 15 is 0 Å². The first kappa shape index (κ1) is 20.6. The van der Waals surface area contributed by atoms with E-state index in [0.717, 1.165) is 84.3 Å². The number of nitrogens with one attached hydrogen (secondary N) is 2. The molecule has 0 saturated heterocycles. The third-order valence-corrected chi connectivity index (χ3v) is 6.56. The molecule has 7 nitrogen and oxygen atoms in total. The van der Waals surface area contributed by atoms with Gasteiger partial charge in [-0.3, -0.25) is 19.5 Å². The molecule has 0 fully saturated rings. The largest absolute Gasteiger partial charge is 0.354 e. The molecule has 0 atom stereocenters. The molecular weight excluding hydrogens is 402 g/mol. The van der Waals surface area contributed by atoms with Gasteiger partial charge in [-0.05, 0) is 67.0 Å². The molecule has 3 aromatic rings. The predicted molar refractivity (Wildman–Crippen MR) is 125 cm³/mol. The molecule has 2 N–H and O–H groups in total. The molecule has 164 valence electrons. The van der Waals surface area contributed by atoms with E-state index in [2.05, 4.69) is 32.3 Å². The lowest BCUT2D eigenvalue weighted by atomic mass is 9.97. The molecule has 32 heavy (non-hydrogen) atoms. The summed E-state index contributed by atoms with van der Waals surface area (Å²) in [7, 11) is 1.61. The minimum absolute atomic E-state index is 0.0425. The van der Waals surface area contributed by atoms with Crippen LogP contribution in [0.25, 0.3) is 16.6 Å². The van der Waals surface area contributed by atoms with Gasteiger partial charge in [0.05, 0.1) is 11.0 Å². The van der Waals surface area contributed by atoms with Crippen LogP contribution >= 0.6 is 0 Å². The fraction of sp³-hybridized carbons (Fsp3) is 0.360. The number of pyridine rings is 3. The molecule has 0 saturated carbocycles. The van der Waals surface area contributed by atoms with Crippen LogP contribution in [0.2, 0.25) is 0 Å². The summed E-state index contributed by atoms with van der Waals surface area (Å²) in [5.41, 5.74) is 8.69. The number of fused-ring (bicyclic) bond motifs is 3. The zero-order valence-corrected chi connectivity index (χ0v) is 18.5. The van der Waals surface area contributed by atoms with Crippen LogP contribution < -0.4 is 10.9 Å². The van der Waals surface area contributed by atoms with Gasteiger partial charge in [0.15, 0.2) is 0 Å². The molecular formula is C25H27N5O2. The fourth-order valence-electron chi connectivity index (χ4n) is 4.90. The highest BCUT2D eigenvalue weighted by Crippen LogP contribution is 2.27. The topological polar surface area (TPSA) is 91.0 Å². The predicted octanol–water partition coefficient (Wildman–Crippen LogP) is 2.76. The number of hydrogen-bond donors (Lipinski definition) is 2. The minimum Gasteiger partial charge on any atom is -0.354 e. The van der Waals surface area contributed by atoms with Crippen molar-refractivity contribution < 1.29 is 4.79 Å². The van der Waals surface area contributed by atoms with Crippen molar-refractivity contribution in [2.24, 2.45) is 0 Å². The van der Waals surface area contributed by atoms with Gasteiger partial charge in [-0.2, -0.15) is 0 Å². The Labute approximate surface area is 186 Å². The Morgan fingerprint density at radius 3 is 2.81 bits per heavy atom. The van der Waals surface area contributed by atoms with Crippen LogP contribution in [0.5, 0.6) is 0 Å². The molecule has 2 aliphatic rings. The highest BCUT2D eigenvalue weighted by molar-refractivity contribution is 5.92. The average molecular weight is 430 g/mol. The SMILES string of the molecule is CNC(=O)c1ccc(C2=CCN(Cc3cnc4c5c(c(=O)[nH]c4c3)CCC5)CC2)c(C)n1. The van der Waals surface area contributed by atoms with Crippen molar-refractivity contribution in [1.29, 1.82) is 0 Å². The van der Waals surface area contributed by atoms with Crippen LogP contribution in [0.4, 0.5) is 0 Å². The molecule has 0 aromatic carbocycles. The van der Waals surface area contributed by atoms with Crippen LogP contribution in [0.3, 0.4) is 0 Å². The van der Waals surface area contributed by atoms with Crippen LogP contribution in [0, 0.1) is 6.92 Å². The van der Waals surface area contributed by atoms with E-state index in [4.69, 9.17) is 4.98 Å². The van der Waals surface area contributed by atoms with Crippen molar-refractivity contribution in [2.75, 3.05) is 20.1 Å². The Morgan fingerprint density at radius 2 is 2.06 bits per heavy atom. The minimum atomic E-state index is -0.168. The van der Waals surface area contributed by atoms with Gasteiger partial charge in [0.2, 0.25) is 0 Å². The Kier molecular flexibility index (Phi) is 5.35. The summed E-state index contributed by atoms with van der Waals surface area (Å²) < 4.78 is 0. The third-order valence-electron chi connectivity index (χ3n) is 6.56. The monoisotopic (exact) mass is 429 g/mol. The number of H-pyrrole nitrogens is 1. The second-order valence-electron chi connectivity index (χ2n) is 8.63. The van der Waals surface area contributed by atoms with Gasteiger partial charge >= 0.3 is 0 Å². The molecule has 1 amide bonds. The van der Waals surface area contributed by atoms with Gasteiger partial charge in [-0.15, -0.1) is 0 Å². The summed E-state index contributed by atoms with van der Waals surface area (Å²) in [6.07, 6.45) is 7.96. The van der Waals surface area contributed by atoms with Crippen molar-refractivity contribution >= 4 is 22.5 Å². The van der Waals surface area contributed by atoms with Gasteiger partial charge in [0, 0.05) is 44.1 Å². The van der Waals surface area contributed by atoms with Crippen molar-refractivity contribution in [3.63, 3.8) is 0 Å². The third kappa shape index (κ3) is 3.73. The number of nitrogens with zero attached hydrogens (tertiary/aromatic N) is 3. The first-order valence-corrected chi connectivity index (χ1v) is 11.2. The first-order valence-electron chi connectivity index (χ1n) is 11.2. The summed E-state index contributed by atoms with van der Waals surface area (Å²) in [5, 5.41) is 2.62. The van der Waals surface area contributed by atoms with Gasteiger partial charge < -0.3 is 10.3 Å². The molecule has 0 radical (unpaired) electrons. The summed E-state index contributed by atoms with van der Waals surface area (Å²) in [6, 6.07) is 5.86. The molecule has 7 heteroatoms. The summed E-state index contributed by atoms with van der Waals surface area (Å²) in [5.74, 6) is -0.168. The highest BCUT2D eigenvalue weighted by Gasteiger charge is 2.20. The van der Waals surface area contributed by atoms with E-state index < -0.39 is 0 Å². The number of hydrogen-bond acceptors (Lipinski definition) is 5. The standard InChI is InChI=1S/C25H27N5O2/c1-15-18(6-7-21(28-15)25(32)26-2)17-8-10-30(11-9-17)14-16-12-22-23(27-13-16)19-4-3-5-20(19)24(31)29-22/h6-8,12-13H,3-5,9-11,14H2,1-2H3,(H,26,32)(H,29,31). The number of carbonyl (C=O) groups excluding carboxylic acids is 1. The number of rotatable bonds is 4. The van der Waals surface area contributed by atoms with Gasteiger partial charge in [0.1, 0.15) is 5.69 Å². The lowest BCUT2D eigenvalue weighted by Crippen LogP contribution is -2.28. The molecule has 0 bridgehead atoms. The van der Waals surface area contributed by atoms with Crippen LogP contribution in [-0.4, -0.2) is 45.9 Å². The van der Waals surface area contributed by atoms with E-state index in [1.165, 1.54) is 5.57 Å². The number of carbonyl (C=O) groups is 1. The zero-order chi connectivity index (χ0) is 22.2. The molecule has 0 spiro atoms. The number of aromatic nitrogens is 3. The number of amides is 1.